The topological polar surface area (TPSA) is 38.7 Å². The third-order valence-electron chi connectivity index (χ3n) is 14.7. The van der Waals surface area contributed by atoms with Crippen LogP contribution in [0.1, 0.15) is 44.5 Å². The van der Waals surface area contributed by atoms with Crippen molar-refractivity contribution in [2.45, 2.75) is 20.6 Å². The molecule has 1 aliphatic heterocycles. The monoisotopic (exact) mass is 895 g/mol. The van der Waals surface area contributed by atoms with Crippen molar-refractivity contribution in [3.8, 4) is 67.4 Å². The summed E-state index contributed by atoms with van der Waals surface area (Å²) in [5.41, 5.74) is 20.9. The number of rotatable bonds is 5. The van der Waals surface area contributed by atoms with Gasteiger partial charge in [0.25, 0.3) is 0 Å². The van der Waals surface area contributed by atoms with Crippen LogP contribution in [0.25, 0.3) is 67.4 Å². The molecule has 14 rings (SSSR count). The van der Waals surface area contributed by atoms with Crippen molar-refractivity contribution in [2.75, 3.05) is 0 Å². The van der Waals surface area contributed by atoms with Gasteiger partial charge in [0.2, 0.25) is 0 Å². The van der Waals surface area contributed by atoms with Crippen LogP contribution >= 0.6 is 11.8 Å². The van der Waals surface area contributed by atoms with E-state index < -0.39 is 10.8 Å². The lowest BCUT2D eigenvalue weighted by molar-refractivity contribution is 0.606. The molecule has 9 aromatic carbocycles. The molecule has 2 aliphatic carbocycles. The lowest BCUT2D eigenvalue weighted by atomic mass is 9.51. The highest BCUT2D eigenvalue weighted by Gasteiger charge is 2.58. The third-order valence-corrected chi connectivity index (χ3v) is 15.9. The molecule has 0 unspecified atom stereocenters. The third kappa shape index (κ3) is 5.79. The van der Waals surface area contributed by atoms with Crippen molar-refractivity contribution in [1.29, 1.82) is 0 Å². The number of hydrogen-bond donors (Lipinski definition) is 0. The molecule has 3 heterocycles. The Hall–Kier alpha value is -8.44. The van der Waals surface area contributed by atoms with Gasteiger partial charge >= 0.3 is 0 Å². The fourth-order valence-corrected chi connectivity index (χ4v) is 13.1. The zero-order valence-electron chi connectivity index (χ0n) is 37.4. The summed E-state index contributed by atoms with van der Waals surface area (Å²) >= 11 is 1.89. The van der Waals surface area contributed by atoms with Gasteiger partial charge in [-0.15, -0.1) is 0 Å². The normalized spacial score (nSPS) is 14.0. The van der Waals surface area contributed by atoms with E-state index >= 15 is 0 Å². The molecule has 11 aromatic rings. The van der Waals surface area contributed by atoms with Gasteiger partial charge in [-0.2, -0.15) is 0 Å². The first-order valence-corrected chi connectivity index (χ1v) is 24.4. The minimum Gasteiger partial charge on any atom is -0.256 e. The number of pyridine rings is 1. The zero-order chi connectivity index (χ0) is 45.5. The summed E-state index contributed by atoms with van der Waals surface area (Å²) in [6.07, 6.45) is 1.84. The largest absolute Gasteiger partial charge is 0.256 e. The summed E-state index contributed by atoms with van der Waals surface area (Å²) in [6.45, 7) is 0. The number of fused-ring (bicyclic) bond motifs is 15. The highest BCUT2D eigenvalue weighted by Crippen LogP contribution is 2.67. The standard InChI is InChI=1S/C65H41N3S/c1-2-19-42(20-3-1)63-67-59(45-22-18-21-44(39-45)58-33-16-17-38-66-58)41-60(68-63)49-25-5-4-23-46(49)43-36-37-48-47-24-6-7-26-50(47)64(57(48)40-43)51-27-8-10-29-53(51)65(54-30-11-9-28-52(54)64)55-31-12-14-34-61(55)69-62-35-15-13-32-56(62)65/h1-41H. The maximum absolute atomic E-state index is 5.37. The maximum Gasteiger partial charge on any atom is 0.160 e. The Bertz CT molecular complexity index is 3750. The summed E-state index contributed by atoms with van der Waals surface area (Å²) in [4.78, 5) is 17.9. The smallest absolute Gasteiger partial charge is 0.160 e. The van der Waals surface area contributed by atoms with E-state index in [-0.39, 0.29) is 0 Å². The van der Waals surface area contributed by atoms with E-state index in [0.717, 1.165) is 50.5 Å². The van der Waals surface area contributed by atoms with Crippen LogP contribution in [0, 0.1) is 0 Å². The molecule has 0 radical (unpaired) electrons. The lowest BCUT2D eigenvalue weighted by Crippen LogP contribution is -2.45. The Balaban J connectivity index is 1.00. The van der Waals surface area contributed by atoms with E-state index in [1.54, 1.807) is 0 Å². The molecule has 3 aliphatic rings. The highest BCUT2D eigenvalue weighted by atomic mass is 32.2. The van der Waals surface area contributed by atoms with Crippen molar-refractivity contribution in [1.82, 2.24) is 15.0 Å². The fraction of sp³-hybridized carbons (Fsp3) is 0.0308. The van der Waals surface area contributed by atoms with Crippen molar-refractivity contribution in [2.24, 2.45) is 0 Å². The quantitative estimate of drug-likeness (QED) is 0.173. The van der Waals surface area contributed by atoms with E-state index in [9.17, 15) is 0 Å². The van der Waals surface area contributed by atoms with Crippen LogP contribution in [0.15, 0.2) is 259 Å². The number of nitrogens with zero attached hydrogens (tertiary/aromatic N) is 3. The zero-order valence-corrected chi connectivity index (χ0v) is 38.2. The van der Waals surface area contributed by atoms with Crippen molar-refractivity contribution < 1.29 is 0 Å². The van der Waals surface area contributed by atoms with Gasteiger partial charge in [-0.3, -0.25) is 4.98 Å². The van der Waals surface area contributed by atoms with Crippen LogP contribution in [0.3, 0.4) is 0 Å². The maximum atomic E-state index is 5.37. The molecule has 0 saturated carbocycles. The predicted molar refractivity (Wildman–Crippen MR) is 280 cm³/mol. The average molecular weight is 896 g/mol. The van der Waals surface area contributed by atoms with Crippen molar-refractivity contribution in [3.63, 3.8) is 0 Å². The van der Waals surface area contributed by atoms with Gasteiger partial charge in [0, 0.05) is 38.2 Å². The minimum absolute atomic E-state index is 0.531. The average Bonchev–Trinajstić information content (AvgIpc) is 3.72. The highest BCUT2D eigenvalue weighted by molar-refractivity contribution is 7.99. The van der Waals surface area contributed by atoms with Crippen molar-refractivity contribution >= 4 is 11.8 Å². The molecule has 0 bridgehead atoms. The molecule has 0 N–H and O–H groups in total. The van der Waals surface area contributed by atoms with Crippen molar-refractivity contribution in [3.05, 3.63) is 293 Å². The Labute approximate surface area is 405 Å². The predicted octanol–water partition coefficient (Wildman–Crippen LogP) is 15.7. The van der Waals surface area contributed by atoms with Gasteiger partial charge in [-0.05, 0) is 109 Å². The molecule has 3 nitrogen and oxygen atoms in total. The molecule has 2 spiro atoms. The van der Waals surface area contributed by atoms with Gasteiger partial charge in [0.15, 0.2) is 5.82 Å². The minimum atomic E-state index is -0.606. The van der Waals surface area contributed by atoms with E-state index in [1.165, 1.54) is 65.4 Å². The Morgan fingerprint density at radius 2 is 0.768 bits per heavy atom. The summed E-state index contributed by atoms with van der Waals surface area (Å²) in [6, 6.07) is 88.9. The van der Waals surface area contributed by atoms with Crippen LogP contribution < -0.4 is 0 Å². The summed E-state index contributed by atoms with van der Waals surface area (Å²) < 4.78 is 0. The molecule has 0 atom stereocenters. The lowest BCUT2D eigenvalue weighted by Gasteiger charge is -2.51. The first kappa shape index (κ1) is 39.7. The van der Waals surface area contributed by atoms with Gasteiger partial charge < -0.3 is 0 Å². The van der Waals surface area contributed by atoms with E-state index in [1.807, 2.05) is 54.4 Å². The SMILES string of the molecule is c1ccc(-c2nc(-c3cccc(-c4ccccn4)c3)cc(-c3ccccc3-c3ccc4c(c3)C3(c5ccccc5-4)c4ccccc4C4(c5ccccc5Sc5ccccc54)c4ccccc43)n2)cc1. The number of hydrogen-bond acceptors (Lipinski definition) is 4. The first-order valence-electron chi connectivity index (χ1n) is 23.6. The molecule has 4 heteroatoms. The second-order valence-electron chi connectivity index (χ2n) is 18.2. The van der Waals surface area contributed by atoms with Crippen LogP contribution in [0.4, 0.5) is 0 Å². The Morgan fingerprint density at radius 1 is 0.275 bits per heavy atom. The van der Waals surface area contributed by atoms with Crippen LogP contribution in [0.5, 0.6) is 0 Å². The van der Waals surface area contributed by atoms with Gasteiger partial charge in [-0.25, -0.2) is 9.97 Å². The van der Waals surface area contributed by atoms with E-state index in [0.29, 0.717) is 5.82 Å². The van der Waals surface area contributed by atoms with Crippen LogP contribution in [0.2, 0.25) is 0 Å². The first-order chi connectivity index (χ1) is 34.2. The summed E-state index contributed by atoms with van der Waals surface area (Å²) in [5.74, 6) is 0.679. The van der Waals surface area contributed by atoms with Gasteiger partial charge in [0.1, 0.15) is 0 Å². The van der Waals surface area contributed by atoms with Crippen LogP contribution in [-0.2, 0) is 10.8 Å². The molecule has 0 fully saturated rings. The molecule has 69 heavy (non-hydrogen) atoms. The second-order valence-corrected chi connectivity index (χ2v) is 19.2. The Morgan fingerprint density at radius 3 is 1.42 bits per heavy atom. The number of aromatic nitrogens is 3. The summed E-state index contributed by atoms with van der Waals surface area (Å²) in [7, 11) is 0. The molecule has 322 valence electrons. The molecule has 0 saturated heterocycles. The van der Waals surface area contributed by atoms with Crippen LogP contribution in [-0.4, -0.2) is 15.0 Å². The van der Waals surface area contributed by atoms with E-state index in [4.69, 9.17) is 9.97 Å². The fourth-order valence-electron chi connectivity index (χ4n) is 11.9. The number of benzene rings is 9. The molecular formula is C65H41N3S. The van der Waals surface area contributed by atoms with Gasteiger partial charge in [-0.1, -0.05) is 212 Å². The second kappa shape index (κ2) is 15.6. The van der Waals surface area contributed by atoms with Gasteiger partial charge in [0.05, 0.1) is 27.9 Å². The molecular weight excluding hydrogens is 855 g/mol. The van der Waals surface area contributed by atoms with E-state index in [2.05, 4.69) is 211 Å². The summed E-state index contributed by atoms with van der Waals surface area (Å²) in [5, 5.41) is 0. The molecule has 0 amide bonds. The molecule has 2 aromatic heterocycles. The Kier molecular flexibility index (Phi) is 8.95.